The van der Waals surface area contributed by atoms with Crippen molar-refractivity contribution in [2.45, 2.75) is 40.0 Å². The van der Waals surface area contributed by atoms with Crippen LogP contribution in [0.5, 0.6) is 0 Å². The van der Waals surface area contributed by atoms with E-state index in [9.17, 15) is 4.79 Å². The van der Waals surface area contributed by atoms with E-state index in [0.717, 1.165) is 16.9 Å². The van der Waals surface area contributed by atoms with E-state index in [1.54, 1.807) is 0 Å². The number of aryl methyl sites for hydroxylation is 2. The first-order chi connectivity index (χ1) is 11.0. The van der Waals surface area contributed by atoms with Crippen molar-refractivity contribution < 1.29 is 4.79 Å². The van der Waals surface area contributed by atoms with E-state index in [0.29, 0.717) is 18.9 Å². The predicted molar refractivity (Wildman–Crippen MR) is 98.2 cm³/mol. The molecule has 0 aliphatic heterocycles. The molecule has 122 valence electrons. The van der Waals surface area contributed by atoms with Crippen molar-refractivity contribution in [1.82, 2.24) is 0 Å². The fourth-order valence-electron chi connectivity index (χ4n) is 2.66. The third kappa shape index (κ3) is 4.85. The second kappa shape index (κ2) is 7.82. The standard InChI is InChI=1S/C20H26N2O/c1-14(2)18-10-6-8-16(4)20(18)21-12-11-19(23)22-17-9-5-7-15(3)13-17/h5-10,13-14,21H,11-12H2,1-4H3,(H,22,23). The Kier molecular flexibility index (Phi) is 5.80. The molecule has 0 aromatic heterocycles. The summed E-state index contributed by atoms with van der Waals surface area (Å²) in [7, 11) is 0. The van der Waals surface area contributed by atoms with Gasteiger partial charge in [-0.05, 0) is 48.6 Å². The lowest BCUT2D eigenvalue weighted by Crippen LogP contribution is -2.17. The highest BCUT2D eigenvalue weighted by Crippen LogP contribution is 2.27. The van der Waals surface area contributed by atoms with E-state index >= 15 is 0 Å². The molecule has 2 N–H and O–H groups in total. The number of anilines is 2. The molecule has 23 heavy (non-hydrogen) atoms. The zero-order chi connectivity index (χ0) is 16.8. The Balaban J connectivity index is 1.91. The summed E-state index contributed by atoms with van der Waals surface area (Å²) in [5.74, 6) is 0.487. The van der Waals surface area contributed by atoms with Gasteiger partial charge < -0.3 is 10.6 Å². The lowest BCUT2D eigenvalue weighted by Gasteiger charge is -2.17. The van der Waals surface area contributed by atoms with Gasteiger partial charge in [-0.1, -0.05) is 44.2 Å². The highest BCUT2D eigenvalue weighted by Gasteiger charge is 2.09. The van der Waals surface area contributed by atoms with Crippen LogP contribution in [-0.2, 0) is 4.79 Å². The summed E-state index contributed by atoms with van der Waals surface area (Å²) in [5, 5.41) is 6.37. The van der Waals surface area contributed by atoms with Crippen molar-refractivity contribution in [1.29, 1.82) is 0 Å². The second-order valence-corrected chi connectivity index (χ2v) is 6.29. The highest BCUT2D eigenvalue weighted by atomic mass is 16.1. The summed E-state index contributed by atoms with van der Waals surface area (Å²) < 4.78 is 0. The Bertz CT molecular complexity index is 677. The minimum absolute atomic E-state index is 0.0304. The summed E-state index contributed by atoms with van der Waals surface area (Å²) in [6.07, 6.45) is 0.444. The van der Waals surface area contributed by atoms with E-state index in [4.69, 9.17) is 0 Å². The van der Waals surface area contributed by atoms with Gasteiger partial charge in [-0.3, -0.25) is 4.79 Å². The van der Waals surface area contributed by atoms with Gasteiger partial charge in [0.05, 0.1) is 0 Å². The molecule has 0 saturated heterocycles. The fourth-order valence-corrected chi connectivity index (χ4v) is 2.66. The topological polar surface area (TPSA) is 41.1 Å². The third-order valence-electron chi connectivity index (χ3n) is 3.88. The molecule has 3 nitrogen and oxygen atoms in total. The van der Waals surface area contributed by atoms with Gasteiger partial charge in [0.1, 0.15) is 0 Å². The number of para-hydroxylation sites is 1. The van der Waals surface area contributed by atoms with Gasteiger partial charge >= 0.3 is 0 Å². The molecule has 1 amide bonds. The van der Waals surface area contributed by atoms with Crippen LogP contribution in [0.2, 0.25) is 0 Å². The first kappa shape index (κ1) is 17.1. The van der Waals surface area contributed by atoms with Crippen LogP contribution in [0.15, 0.2) is 42.5 Å². The lowest BCUT2D eigenvalue weighted by atomic mass is 9.98. The molecule has 0 heterocycles. The number of amides is 1. The summed E-state index contributed by atoms with van der Waals surface area (Å²) >= 11 is 0. The molecular formula is C20H26N2O. The van der Waals surface area contributed by atoms with Crippen LogP contribution >= 0.6 is 0 Å². The van der Waals surface area contributed by atoms with Crippen LogP contribution in [-0.4, -0.2) is 12.5 Å². The van der Waals surface area contributed by atoms with Crippen molar-refractivity contribution in [3.63, 3.8) is 0 Å². The van der Waals surface area contributed by atoms with Crippen LogP contribution in [0.3, 0.4) is 0 Å². The Morgan fingerprint density at radius 1 is 1.09 bits per heavy atom. The van der Waals surface area contributed by atoms with Gasteiger partial charge in [0.15, 0.2) is 0 Å². The van der Waals surface area contributed by atoms with Crippen molar-refractivity contribution in [2.24, 2.45) is 0 Å². The van der Waals surface area contributed by atoms with Crippen LogP contribution in [0.25, 0.3) is 0 Å². The van der Waals surface area contributed by atoms with Crippen LogP contribution in [0, 0.1) is 13.8 Å². The van der Waals surface area contributed by atoms with Crippen molar-refractivity contribution in [3.8, 4) is 0 Å². The van der Waals surface area contributed by atoms with Crippen LogP contribution in [0.4, 0.5) is 11.4 Å². The molecule has 0 atom stereocenters. The third-order valence-corrected chi connectivity index (χ3v) is 3.88. The number of hydrogen-bond acceptors (Lipinski definition) is 2. The van der Waals surface area contributed by atoms with E-state index in [-0.39, 0.29) is 5.91 Å². The number of rotatable bonds is 6. The molecule has 3 heteroatoms. The first-order valence-electron chi connectivity index (χ1n) is 8.17. The van der Waals surface area contributed by atoms with Crippen molar-refractivity contribution in [3.05, 3.63) is 59.2 Å². The largest absolute Gasteiger partial charge is 0.384 e. The fraction of sp³-hybridized carbons (Fsp3) is 0.350. The first-order valence-corrected chi connectivity index (χ1v) is 8.17. The summed E-state index contributed by atoms with van der Waals surface area (Å²) in [6, 6.07) is 14.2. The zero-order valence-electron chi connectivity index (χ0n) is 14.4. The van der Waals surface area contributed by atoms with Crippen LogP contribution in [0.1, 0.15) is 42.9 Å². The molecule has 2 rings (SSSR count). The Morgan fingerprint density at radius 2 is 1.83 bits per heavy atom. The summed E-state index contributed by atoms with van der Waals surface area (Å²) in [4.78, 5) is 12.1. The van der Waals surface area contributed by atoms with Crippen molar-refractivity contribution in [2.75, 3.05) is 17.2 Å². The molecule has 0 unspecified atom stereocenters. The second-order valence-electron chi connectivity index (χ2n) is 6.29. The number of carbonyl (C=O) groups excluding carboxylic acids is 1. The molecule has 0 bridgehead atoms. The number of hydrogen-bond donors (Lipinski definition) is 2. The maximum Gasteiger partial charge on any atom is 0.226 e. The minimum Gasteiger partial charge on any atom is -0.384 e. The molecule has 0 aliphatic carbocycles. The van der Waals surface area contributed by atoms with E-state index < -0.39 is 0 Å². The predicted octanol–water partition coefficient (Wildman–Crippen LogP) is 4.87. The van der Waals surface area contributed by atoms with E-state index in [1.807, 2.05) is 31.2 Å². The van der Waals surface area contributed by atoms with Gasteiger partial charge in [-0.15, -0.1) is 0 Å². The van der Waals surface area contributed by atoms with Crippen LogP contribution < -0.4 is 10.6 Å². The monoisotopic (exact) mass is 310 g/mol. The van der Waals surface area contributed by atoms with Crippen molar-refractivity contribution >= 4 is 17.3 Å². The molecule has 0 radical (unpaired) electrons. The van der Waals surface area contributed by atoms with Gasteiger partial charge in [-0.2, -0.15) is 0 Å². The number of nitrogens with one attached hydrogen (secondary N) is 2. The molecule has 0 spiro atoms. The van der Waals surface area contributed by atoms with E-state index in [1.165, 1.54) is 11.1 Å². The summed E-state index contributed by atoms with van der Waals surface area (Å²) in [5.41, 5.74) is 5.67. The maximum atomic E-state index is 12.1. The molecule has 2 aromatic rings. The quantitative estimate of drug-likeness (QED) is 0.799. The Hall–Kier alpha value is -2.29. The van der Waals surface area contributed by atoms with Gasteiger partial charge in [-0.25, -0.2) is 0 Å². The Morgan fingerprint density at radius 3 is 2.52 bits per heavy atom. The minimum atomic E-state index is 0.0304. The molecule has 0 aliphatic rings. The molecular weight excluding hydrogens is 284 g/mol. The molecule has 0 fully saturated rings. The lowest BCUT2D eigenvalue weighted by molar-refractivity contribution is -0.115. The van der Waals surface area contributed by atoms with Gasteiger partial charge in [0.25, 0.3) is 0 Å². The zero-order valence-corrected chi connectivity index (χ0v) is 14.4. The maximum absolute atomic E-state index is 12.1. The summed E-state index contributed by atoms with van der Waals surface area (Å²) in [6.45, 7) is 9.11. The average molecular weight is 310 g/mol. The SMILES string of the molecule is Cc1cccc(NC(=O)CCNc2c(C)cccc2C(C)C)c1. The highest BCUT2D eigenvalue weighted by molar-refractivity contribution is 5.91. The molecule has 0 saturated carbocycles. The number of carbonyl (C=O) groups is 1. The average Bonchev–Trinajstić information content (AvgIpc) is 2.48. The Labute approximate surface area is 139 Å². The van der Waals surface area contributed by atoms with Gasteiger partial charge in [0, 0.05) is 24.3 Å². The van der Waals surface area contributed by atoms with E-state index in [2.05, 4.69) is 49.6 Å². The van der Waals surface area contributed by atoms with Gasteiger partial charge in [0.2, 0.25) is 5.91 Å². The normalized spacial score (nSPS) is 10.7. The molecule has 2 aromatic carbocycles. The smallest absolute Gasteiger partial charge is 0.226 e. The number of benzene rings is 2.